The Balaban J connectivity index is 2.41. The van der Waals surface area contributed by atoms with Gasteiger partial charge < -0.3 is 5.32 Å². The van der Waals surface area contributed by atoms with E-state index in [4.69, 9.17) is 5.10 Å². The minimum atomic E-state index is 0.868. The van der Waals surface area contributed by atoms with Crippen LogP contribution in [-0.2, 0) is 25.9 Å². The molecule has 114 valence electrons. The Morgan fingerprint density at radius 2 is 1.90 bits per heavy atom. The Kier molecular flexibility index (Phi) is 5.18. The highest BCUT2D eigenvalue weighted by Crippen LogP contribution is 2.19. The summed E-state index contributed by atoms with van der Waals surface area (Å²) in [5.74, 6) is 0. The topological polar surface area (TPSA) is 29.9 Å². The van der Waals surface area contributed by atoms with E-state index >= 15 is 0 Å². The Morgan fingerprint density at radius 1 is 1.14 bits per heavy atom. The number of benzene rings is 1. The first-order valence-electron chi connectivity index (χ1n) is 7.88. The monoisotopic (exact) mass is 285 g/mol. The molecule has 21 heavy (non-hydrogen) atoms. The minimum Gasteiger partial charge on any atom is -0.316 e. The van der Waals surface area contributed by atoms with E-state index in [9.17, 15) is 0 Å². The van der Waals surface area contributed by atoms with Crippen molar-refractivity contribution in [3.63, 3.8) is 0 Å². The highest BCUT2D eigenvalue weighted by molar-refractivity contribution is 5.32. The van der Waals surface area contributed by atoms with Gasteiger partial charge in [-0.25, -0.2) is 0 Å². The fourth-order valence-corrected chi connectivity index (χ4v) is 2.91. The number of nitrogens with zero attached hydrogens (tertiary/aromatic N) is 2. The van der Waals surface area contributed by atoms with Crippen molar-refractivity contribution in [2.45, 2.75) is 53.6 Å². The van der Waals surface area contributed by atoms with Crippen molar-refractivity contribution in [3.05, 3.63) is 51.8 Å². The third-order valence-corrected chi connectivity index (χ3v) is 4.10. The SMILES string of the molecule is CCc1nn(Cc2cc(C)ccc2C)c(CC)c1CNC. The van der Waals surface area contributed by atoms with Gasteiger partial charge in [-0.05, 0) is 44.9 Å². The molecule has 0 unspecified atom stereocenters. The summed E-state index contributed by atoms with van der Waals surface area (Å²) in [6.07, 6.45) is 2.01. The number of aromatic nitrogens is 2. The van der Waals surface area contributed by atoms with Crippen molar-refractivity contribution in [2.75, 3.05) is 7.05 Å². The van der Waals surface area contributed by atoms with Crippen LogP contribution in [0.25, 0.3) is 0 Å². The van der Waals surface area contributed by atoms with Gasteiger partial charge in [-0.15, -0.1) is 0 Å². The molecular weight excluding hydrogens is 258 g/mol. The largest absolute Gasteiger partial charge is 0.316 e. The van der Waals surface area contributed by atoms with E-state index in [1.807, 2.05) is 7.05 Å². The normalized spacial score (nSPS) is 11.1. The quantitative estimate of drug-likeness (QED) is 0.881. The predicted octanol–water partition coefficient (Wildman–Crippen LogP) is 3.39. The van der Waals surface area contributed by atoms with Gasteiger partial charge in [-0.3, -0.25) is 4.68 Å². The highest BCUT2D eigenvalue weighted by Gasteiger charge is 2.15. The lowest BCUT2D eigenvalue weighted by atomic mass is 10.1. The number of hydrogen-bond donors (Lipinski definition) is 1. The van der Waals surface area contributed by atoms with Crippen molar-refractivity contribution in [3.8, 4) is 0 Å². The van der Waals surface area contributed by atoms with E-state index in [2.05, 4.69) is 55.9 Å². The first kappa shape index (κ1) is 15.8. The van der Waals surface area contributed by atoms with Crippen LogP contribution in [0.2, 0.25) is 0 Å². The lowest BCUT2D eigenvalue weighted by molar-refractivity contribution is 0.636. The van der Waals surface area contributed by atoms with Crippen molar-refractivity contribution < 1.29 is 0 Å². The van der Waals surface area contributed by atoms with Gasteiger partial charge in [-0.1, -0.05) is 37.6 Å². The standard InChI is InChI=1S/C18H27N3/c1-6-17-16(11-19-5)18(7-2)21(20-17)12-15-10-13(3)8-9-14(15)4/h8-10,19H,6-7,11-12H2,1-5H3. The van der Waals surface area contributed by atoms with Crippen molar-refractivity contribution >= 4 is 0 Å². The summed E-state index contributed by atoms with van der Waals surface area (Å²) in [6.45, 7) is 10.5. The molecule has 0 radical (unpaired) electrons. The Labute approximate surface area is 128 Å². The molecule has 1 aromatic carbocycles. The Hall–Kier alpha value is -1.61. The molecule has 0 amide bonds. The Morgan fingerprint density at radius 3 is 2.52 bits per heavy atom. The van der Waals surface area contributed by atoms with Gasteiger partial charge >= 0.3 is 0 Å². The summed E-state index contributed by atoms with van der Waals surface area (Å²) in [7, 11) is 2.00. The molecule has 0 fully saturated rings. The molecule has 1 N–H and O–H groups in total. The van der Waals surface area contributed by atoms with Gasteiger partial charge in [-0.2, -0.15) is 5.10 Å². The number of nitrogens with one attached hydrogen (secondary N) is 1. The molecule has 2 aromatic rings. The van der Waals surface area contributed by atoms with Crippen molar-refractivity contribution in [2.24, 2.45) is 0 Å². The first-order chi connectivity index (χ1) is 10.1. The zero-order valence-corrected chi connectivity index (χ0v) is 14.0. The summed E-state index contributed by atoms with van der Waals surface area (Å²) in [5.41, 5.74) is 7.99. The van der Waals surface area contributed by atoms with Crippen LogP contribution in [0.15, 0.2) is 18.2 Å². The van der Waals surface area contributed by atoms with Crippen LogP contribution >= 0.6 is 0 Å². The molecule has 1 aromatic heterocycles. The molecule has 0 spiro atoms. The van der Waals surface area contributed by atoms with Crippen LogP contribution in [0.1, 0.15) is 47.5 Å². The average Bonchev–Trinajstić information content (AvgIpc) is 2.80. The maximum absolute atomic E-state index is 4.86. The average molecular weight is 285 g/mol. The molecule has 2 rings (SSSR count). The summed E-state index contributed by atoms with van der Waals surface area (Å²) in [6, 6.07) is 6.65. The van der Waals surface area contributed by atoms with Crippen molar-refractivity contribution in [1.29, 1.82) is 0 Å². The van der Waals surface area contributed by atoms with Gasteiger partial charge in [0.15, 0.2) is 0 Å². The zero-order chi connectivity index (χ0) is 15.4. The molecule has 0 aliphatic rings. The number of hydrogen-bond acceptors (Lipinski definition) is 2. The second kappa shape index (κ2) is 6.90. The molecule has 0 bridgehead atoms. The fraction of sp³-hybridized carbons (Fsp3) is 0.500. The van der Waals surface area contributed by atoms with E-state index in [0.717, 1.165) is 25.9 Å². The van der Waals surface area contributed by atoms with Gasteiger partial charge in [0, 0.05) is 17.8 Å². The lowest BCUT2D eigenvalue weighted by Gasteiger charge is -2.11. The summed E-state index contributed by atoms with van der Waals surface area (Å²) in [4.78, 5) is 0. The van der Waals surface area contributed by atoms with Crippen molar-refractivity contribution in [1.82, 2.24) is 15.1 Å². The predicted molar refractivity (Wildman–Crippen MR) is 88.8 cm³/mol. The summed E-state index contributed by atoms with van der Waals surface area (Å²) in [5, 5.41) is 8.14. The lowest BCUT2D eigenvalue weighted by Crippen LogP contribution is -2.11. The molecule has 3 heteroatoms. The van der Waals surface area contributed by atoms with Gasteiger partial charge in [0.2, 0.25) is 0 Å². The summed E-state index contributed by atoms with van der Waals surface area (Å²) >= 11 is 0. The molecule has 0 saturated heterocycles. The van der Waals surface area contributed by atoms with Gasteiger partial charge in [0.25, 0.3) is 0 Å². The smallest absolute Gasteiger partial charge is 0.0669 e. The van der Waals surface area contributed by atoms with Crippen LogP contribution in [0.4, 0.5) is 0 Å². The third-order valence-electron chi connectivity index (χ3n) is 4.10. The molecule has 1 heterocycles. The van der Waals surface area contributed by atoms with Crippen LogP contribution in [-0.4, -0.2) is 16.8 Å². The number of aryl methyl sites for hydroxylation is 3. The van der Waals surface area contributed by atoms with E-state index in [1.54, 1.807) is 0 Å². The Bertz CT molecular complexity index is 611. The van der Waals surface area contributed by atoms with Crippen LogP contribution in [0.5, 0.6) is 0 Å². The maximum atomic E-state index is 4.86. The van der Waals surface area contributed by atoms with Crippen LogP contribution in [0, 0.1) is 13.8 Å². The van der Waals surface area contributed by atoms with E-state index < -0.39 is 0 Å². The van der Waals surface area contributed by atoms with Gasteiger partial charge in [0.1, 0.15) is 0 Å². The molecule has 0 saturated carbocycles. The second-order valence-electron chi connectivity index (χ2n) is 5.70. The van der Waals surface area contributed by atoms with Crippen LogP contribution < -0.4 is 5.32 Å². The molecule has 3 nitrogen and oxygen atoms in total. The minimum absolute atomic E-state index is 0.868. The molecule has 0 aliphatic carbocycles. The van der Waals surface area contributed by atoms with E-state index in [1.165, 1.54) is 33.6 Å². The fourth-order valence-electron chi connectivity index (χ4n) is 2.91. The number of rotatable bonds is 6. The highest BCUT2D eigenvalue weighted by atomic mass is 15.3. The first-order valence-corrected chi connectivity index (χ1v) is 7.88. The third kappa shape index (κ3) is 3.35. The zero-order valence-electron chi connectivity index (χ0n) is 14.0. The van der Waals surface area contributed by atoms with E-state index in [0.29, 0.717) is 0 Å². The molecule has 0 aliphatic heterocycles. The van der Waals surface area contributed by atoms with Crippen LogP contribution in [0.3, 0.4) is 0 Å². The molecule has 0 atom stereocenters. The summed E-state index contributed by atoms with van der Waals surface area (Å²) < 4.78 is 2.20. The second-order valence-corrected chi connectivity index (χ2v) is 5.70. The van der Waals surface area contributed by atoms with E-state index in [-0.39, 0.29) is 0 Å². The van der Waals surface area contributed by atoms with Gasteiger partial charge in [0.05, 0.1) is 12.2 Å². The molecular formula is C18H27N3. The maximum Gasteiger partial charge on any atom is 0.0669 e.